The van der Waals surface area contributed by atoms with Crippen molar-refractivity contribution >= 4 is 23.4 Å². The van der Waals surface area contributed by atoms with Crippen molar-refractivity contribution in [1.82, 2.24) is 15.3 Å². The Morgan fingerprint density at radius 3 is 2.46 bits per heavy atom. The third-order valence-corrected chi connectivity index (χ3v) is 4.18. The minimum Gasteiger partial charge on any atom is -0.465 e. The van der Waals surface area contributed by atoms with Crippen molar-refractivity contribution in [3.05, 3.63) is 83.3 Å². The molecule has 2 N–H and O–H groups in total. The van der Waals surface area contributed by atoms with Gasteiger partial charge in [0.05, 0.1) is 30.8 Å². The molecule has 7 nitrogen and oxygen atoms in total. The summed E-state index contributed by atoms with van der Waals surface area (Å²) in [5, 5.41) is 5.85. The van der Waals surface area contributed by atoms with Crippen LogP contribution in [0.5, 0.6) is 0 Å². The number of carbonyl (C=O) groups is 2. The van der Waals surface area contributed by atoms with Gasteiger partial charge in [-0.1, -0.05) is 36.4 Å². The van der Waals surface area contributed by atoms with E-state index in [-0.39, 0.29) is 11.6 Å². The summed E-state index contributed by atoms with van der Waals surface area (Å²) in [6.07, 6.45) is 2.83. The molecule has 0 aliphatic heterocycles. The van der Waals surface area contributed by atoms with Crippen LogP contribution < -0.4 is 10.6 Å². The molecule has 0 saturated heterocycles. The molecule has 0 fully saturated rings. The average Bonchev–Trinajstić information content (AvgIpc) is 2.73. The molecule has 7 heteroatoms. The van der Waals surface area contributed by atoms with E-state index in [1.54, 1.807) is 24.3 Å². The summed E-state index contributed by atoms with van der Waals surface area (Å²) in [5.41, 5.74) is 3.28. The topological polar surface area (TPSA) is 93.2 Å². The van der Waals surface area contributed by atoms with Crippen molar-refractivity contribution in [3.8, 4) is 0 Å². The number of nitrogens with one attached hydrogen (secondary N) is 2. The highest BCUT2D eigenvalue weighted by Gasteiger charge is 2.12. The van der Waals surface area contributed by atoms with Crippen LogP contribution in [0.1, 0.15) is 32.0 Å². The molecule has 0 radical (unpaired) electrons. The Labute approximate surface area is 162 Å². The first kappa shape index (κ1) is 19.0. The van der Waals surface area contributed by atoms with Crippen molar-refractivity contribution in [2.75, 3.05) is 12.4 Å². The fourth-order valence-corrected chi connectivity index (χ4v) is 2.60. The Morgan fingerprint density at radius 2 is 1.75 bits per heavy atom. The second-order valence-corrected chi connectivity index (χ2v) is 6.06. The van der Waals surface area contributed by atoms with Gasteiger partial charge in [-0.25, -0.2) is 14.8 Å². The maximum atomic E-state index is 12.3. The molecule has 0 spiro atoms. The van der Waals surface area contributed by atoms with Gasteiger partial charge in [-0.05, 0) is 30.2 Å². The first-order chi connectivity index (χ1) is 13.6. The smallest absolute Gasteiger partial charge is 0.339 e. The Morgan fingerprint density at radius 1 is 1.00 bits per heavy atom. The number of amides is 1. The van der Waals surface area contributed by atoms with Crippen molar-refractivity contribution in [2.24, 2.45) is 0 Å². The maximum Gasteiger partial charge on any atom is 0.339 e. The first-order valence-electron chi connectivity index (χ1n) is 8.67. The highest BCUT2D eigenvalue weighted by Crippen LogP contribution is 2.20. The summed E-state index contributed by atoms with van der Waals surface area (Å²) in [6, 6.07) is 14.8. The van der Waals surface area contributed by atoms with Gasteiger partial charge in [0, 0.05) is 6.54 Å². The summed E-state index contributed by atoms with van der Waals surface area (Å²) in [6.45, 7) is 2.41. The molecule has 1 amide bonds. The SMILES string of the molecule is COC(=O)c1ccccc1Nc1cnc(C(=O)NCc2ccccc2C)cn1. The van der Waals surface area contributed by atoms with Gasteiger partial charge in [0.25, 0.3) is 5.91 Å². The molecule has 0 unspecified atom stereocenters. The van der Waals surface area contributed by atoms with Crippen LogP contribution in [0.2, 0.25) is 0 Å². The number of anilines is 2. The second-order valence-electron chi connectivity index (χ2n) is 6.06. The molecular formula is C21H20N4O3. The zero-order valence-corrected chi connectivity index (χ0v) is 15.6. The third-order valence-electron chi connectivity index (χ3n) is 4.18. The maximum absolute atomic E-state index is 12.3. The van der Waals surface area contributed by atoms with E-state index in [0.29, 0.717) is 23.6 Å². The number of hydrogen-bond donors (Lipinski definition) is 2. The molecule has 0 aliphatic rings. The van der Waals surface area contributed by atoms with Crippen LogP contribution in [0.4, 0.5) is 11.5 Å². The van der Waals surface area contributed by atoms with Crippen molar-refractivity contribution in [3.63, 3.8) is 0 Å². The van der Waals surface area contributed by atoms with Crippen molar-refractivity contribution < 1.29 is 14.3 Å². The molecule has 1 heterocycles. The van der Waals surface area contributed by atoms with Gasteiger partial charge in [0.2, 0.25) is 0 Å². The number of para-hydroxylation sites is 1. The van der Waals surface area contributed by atoms with Gasteiger partial charge in [-0.2, -0.15) is 0 Å². The van der Waals surface area contributed by atoms with Gasteiger partial charge in [0.1, 0.15) is 11.5 Å². The molecule has 3 aromatic rings. The van der Waals surface area contributed by atoms with E-state index in [1.807, 2.05) is 31.2 Å². The summed E-state index contributed by atoms with van der Waals surface area (Å²) >= 11 is 0. The second kappa shape index (κ2) is 8.77. The highest BCUT2D eigenvalue weighted by atomic mass is 16.5. The molecule has 2 aromatic carbocycles. The fraction of sp³-hybridized carbons (Fsp3) is 0.143. The predicted octanol–water partition coefficient (Wildman–Crippen LogP) is 3.25. The quantitative estimate of drug-likeness (QED) is 0.642. The zero-order chi connectivity index (χ0) is 19.9. The molecule has 0 saturated carbocycles. The number of esters is 1. The molecule has 28 heavy (non-hydrogen) atoms. The number of nitrogens with zero attached hydrogens (tertiary/aromatic N) is 2. The summed E-state index contributed by atoms with van der Waals surface area (Å²) < 4.78 is 4.77. The van der Waals surface area contributed by atoms with Gasteiger partial charge >= 0.3 is 5.97 Å². The van der Waals surface area contributed by atoms with E-state index in [2.05, 4.69) is 20.6 Å². The van der Waals surface area contributed by atoms with E-state index < -0.39 is 5.97 Å². The van der Waals surface area contributed by atoms with E-state index in [9.17, 15) is 9.59 Å². The van der Waals surface area contributed by atoms with Crippen LogP contribution >= 0.6 is 0 Å². The number of aromatic nitrogens is 2. The number of hydrogen-bond acceptors (Lipinski definition) is 6. The summed E-state index contributed by atoms with van der Waals surface area (Å²) in [7, 11) is 1.32. The minimum atomic E-state index is -0.455. The molecule has 0 bridgehead atoms. The van der Waals surface area contributed by atoms with Crippen molar-refractivity contribution in [1.29, 1.82) is 0 Å². The number of ether oxygens (including phenoxy) is 1. The lowest BCUT2D eigenvalue weighted by molar-refractivity contribution is 0.0601. The molecule has 0 atom stereocenters. The number of rotatable bonds is 6. The number of methoxy groups -OCH3 is 1. The zero-order valence-electron chi connectivity index (χ0n) is 15.6. The molecule has 0 aliphatic carbocycles. The Hall–Kier alpha value is -3.74. The molecule has 142 valence electrons. The Kier molecular flexibility index (Phi) is 5.96. The lowest BCUT2D eigenvalue weighted by Gasteiger charge is -2.10. The van der Waals surface area contributed by atoms with Crippen LogP contribution in [0.15, 0.2) is 60.9 Å². The number of benzene rings is 2. The molecular weight excluding hydrogens is 356 g/mol. The minimum absolute atomic E-state index is 0.209. The van der Waals surface area contributed by atoms with Crippen LogP contribution in [-0.4, -0.2) is 29.0 Å². The largest absolute Gasteiger partial charge is 0.465 e. The number of aryl methyl sites for hydroxylation is 1. The van der Waals surface area contributed by atoms with Crippen molar-refractivity contribution in [2.45, 2.75) is 13.5 Å². The van der Waals surface area contributed by atoms with Crippen LogP contribution in [0, 0.1) is 6.92 Å². The third kappa shape index (κ3) is 4.50. The van der Waals surface area contributed by atoms with E-state index in [4.69, 9.17) is 4.74 Å². The van der Waals surface area contributed by atoms with E-state index in [0.717, 1.165) is 11.1 Å². The van der Waals surface area contributed by atoms with Crippen LogP contribution in [-0.2, 0) is 11.3 Å². The molecule has 3 rings (SSSR count). The monoisotopic (exact) mass is 376 g/mol. The fourth-order valence-electron chi connectivity index (χ4n) is 2.60. The highest BCUT2D eigenvalue weighted by molar-refractivity contribution is 5.96. The van der Waals surface area contributed by atoms with Crippen LogP contribution in [0.3, 0.4) is 0 Å². The van der Waals surface area contributed by atoms with Gasteiger partial charge in [-0.15, -0.1) is 0 Å². The predicted molar refractivity (Wildman–Crippen MR) is 105 cm³/mol. The Balaban J connectivity index is 1.66. The standard InChI is InChI=1S/C21H20N4O3/c1-14-7-3-4-8-15(14)11-24-20(26)18-12-23-19(13-22-18)25-17-10-6-5-9-16(17)21(27)28-2/h3-10,12-13H,11H2,1-2H3,(H,23,25)(H,24,26). The van der Waals surface area contributed by atoms with Crippen LogP contribution in [0.25, 0.3) is 0 Å². The van der Waals surface area contributed by atoms with Gasteiger partial charge < -0.3 is 15.4 Å². The van der Waals surface area contributed by atoms with E-state index in [1.165, 1.54) is 19.5 Å². The lowest BCUT2D eigenvalue weighted by atomic mass is 10.1. The normalized spacial score (nSPS) is 10.2. The average molecular weight is 376 g/mol. The summed E-state index contributed by atoms with van der Waals surface area (Å²) in [4.78, 5) is 32.5. The first-order valence-corrected chi connectivity index (χ1v) is 8.67. The van der Waals surface area contributed by atoms with E-state index >= 15 is 0 Å². The Bertz CT molecular complexity index is 987. The lowest BCUT2D eigenvalue weighted by Crippen LogP contribution is -2.24. The summed E-state index contributed by atoms with van der Waals surface area (Å²) in [5.74, 6) is -0.354. The van der Waals surface area contributed by atoms with Gasteiger partial charge in [0.15, 0.2) is 0 Å². The molecule has 1 aromatic heterocycles. The van der Waals surface area contributed by atoms with Gasteiger partial charge in [-0.3, -0.25) is 4.79 Å². The number of carbonyl (C=O) groups excluding carboxylic acids is 2.